The molecule has 0 heterocycles. The largest absolute Gasteiger partial charge is 0.394 e. The lowest BCUT2D eigenvalue weighted by atomic mass is 11.3. The van der Waals surface area contributed by atoms with Gasteiger partial charge in [0.15, 0.2) is 0 Å². The van der Waals surface area contributed by atoms with Crippen LogP contribution in [-0.4, -0.2) is 40.3 Å². The summed E-state index contributed by atoms with van der Waals surface area (Å²) < 4.78 is 31.6. The molecule has 0 rings (SSSR count). The molecule has 0 spiro atoms. The zero-order valence-corrected chi connectivity index (χ0v) is 10.9. The fourth-order valence-electron chi connectivity index (χ4n) is 0. The van der Waals surface area contributed by atoms with Crippen molar-refractivity contribution in [2.75, 3.05) is 12.5 Å². The first-order valence-electron chi connectivity index (χ1n) is 3.19. The summed E-state index contributed by atoms with van der Waals surface area (Å²) in [5.41, 5.74) is 19.9. The van der Waals surface area contributed by atoms with Crippen molar-refractivity contribution in [2.24, 2.45) is 22.9 Å². The van der Waals surface area contributed by atoms with E-state index < -0.39 is 10.4 Å². The Bertz CT molecular complexity index is 267. The van der Waals surface area contributed by atoms with Gasteiger partial charge in [-0.15, -0.1) is 0 Å². The second kappa shape index (κ2) is 12.2. The molecule has 0 saturated heterocycles. The highest BCUT2D eigenvalue weighted by molar-refractivity contribution is 7.98. The zero-order chi connectivity index (χ0) is 13.1. The molecular weight excluding hydrogens is 264 g/mol. The Morgan fingerprint density at radius 3 is 1.00 bits per heavy atom. The van der Waals surface area contributed by atoms with Crippen LogP contribution >= 0.6 is 22.7 Å². The maximum Gasteiger partial charge on any atom is 0.394 e. The summed E-state index contributed by atoms with van der Waals surface area (Å²) in [5, 5.41) is 0.954. The Hall–Kier alpha value is 0.150. The molecule has 11 heteroatoms. The van der Waals surface area contributed by atoms with E-state index in [4.69, 9.17) is 40.5 Å². The summed E-state index contributed by atoms with van der Waals surface area (Å²) in [5.74, 6) is 0. The normalized spacial score (nSPS) is 9.07. The highest BCUT2D eigenvalue weighted by atomic mass is 32.3. The summed E-state index contributed by atoms with van der Waals surface area (Å²) >= 11 is 1.94. The van der Waals surface area contributed by atoms with Gasteiger partial charge in [-0.2, -0.15) is 31.1 Å². The molecule has 96 valence electrons. The minimum Gasteiger partial charge on any atom is -0.289 e. The number of rotatable bonds is 0. The molecule has 0 aromatic carbocycles. The smallest absolute Gasteiger partial charge is 0.289 e. The molecule has 0 unspecified atom stereocenters. The SMILES string of the molecule is C[SH]=C(N)N.C[SH]=C(N)N.O=S(=O)(O)O. The van der Waals surface area contributed by atoms with Crippen LogP contribution in [0.15, 0.2) is 0 Å². The first-order valence-corrected chi connectivity index (χ1v) is 7.28. The predicted molar refractivity (Wildman–Crippen MR) is 70.8 cm³/mol. The zero-order valence-electron chi connectivity index (χ0n) is 8.32. The van der Waals surface area contributed by atoms with Crippen LogP contribution in [0.5, 0.6) is 0 Å². The van der Waals surface area contributed by atoms with Gasteiger partial charge in [-0.25, -0.2) is 0 Å². The minimum atomic E-state index is -4.67. The molecule has 10 N–H and O–H groups in total. The van der Waals surface area contributed by atoms with E-state index in [1.807, 2.05) is 12.5 Å². The van der Waals surface area contributed by atoms with Crippen LogP contribution in [0.3, 0.4) is 0 Å². The summed E-state index contributed by atoms with van der Waals surface area (Å²) in [6, 6.07) is 0. The topological polar surface area (TPSA) is 179 Å². The van der Waals surface area contributed by atoms with Crippen molar-refractivity contribution in [1.29, 1.82) is 0 Å². The highest BCUT2D eigenvalue weighted by Crippen LogP contribution is 1.63. The lowest BCUT2D eigenvalue weighted by Gasteiger charge is -1.77. The number of hydrogen-bond donors (Lipinski definition) is 8. The van der Waals surface area contributed by atoms with Crippen molar-refractivity contribution in [3.05, 3.63) is 0 Å². The quantitative estimate of drug-likeness (QED) is 0.137. The first kappa shape index (κ1) is 20.5. The average Bonchev–Trinajstić information content (AvgIpc) is 2.02. The number of hydrogen-bond acceptors (Lipinski definition) is 2. The maximum atomic E-state index is 8.74. The molecule has 0 radical (unpaired) electrons. The Morgan fingerprint density at radius 1 is 0.933 bits per heavy atom. The third kappa shape index (κ3) is 121. The van der Waals surface area contributed by atoms with Crippen LogP contribution in [-0.2, 0) is 10.4 Å². The van der Waals surface area contributed by atoms with Gasteiger partial charge in [0, 0.05) is 0 Å². The van der Waals surface area contributed by atoms with Gasteiger partial charge < -0.3 is 0 Å². The molecular formula is C4H18N4O4S3. The van der Waals surface area contributed by atoms with Crippen LogP contribution in [0.1, 0.15) is 0 Å². The monoisotopic (exact) mass is 282 g/mol. The van der Waals surface area contributed by atoms with Crippen molar-refractivity contribution in [3.63, 3.8) is 0 Å². The summed E-state index contributed by atoms with van der Waals surface area (Å²) in [4.78, 5) is 0. The van der Waals surface area contributed by atoms with E-state index in [0.29, 0.717) is 10.2 Å². The van der Waals surface area contributed by atoms with Gasteiger partial charge in [0.05, 0.1) is 10.2 Å². The molecule has 0 saturated carbocycles. The Morgan fingerprint density at radius 2 is 1.00 bits per heavy atom. The van der Waals surface area contributed by atoms with E-state index in [9.17, 15) is 0 Å². The second-order valence-electron chi connectivity index (χ2n) is 1.74. The first-order chi connectivity index (χ1) is 6.54. The lowest BCUT2D eigenvalue weighted by molar-refractivity contribution is 0.381. The maximum absolute atomic E-state index is 8.74. The molecule has 0 fully saturated rings. The highest BCUT2D eigenvalue weighted by Gasteiger charge is 1.84. The standard InChI is InChI=1S/2C2H8N2S.H2O4S/c2*1-5-2(3)4;1-5(2,3)4/h2*5H,3-4H2,1H3;(H2,1,2,3,4). The van der Waals surface area contributed by atoms with Gasteiger partial charge in [0.2, 0.25) is 0 Å². The molecule has 15 heavy (non-hydrogen) atoms. The van der Waals surface area contributed by atoms with Gasteiger partial charge >= 0.3 is 10.4 Å². The Labute approximate surface area is 96.5 Å². The summed E-state index contributed by atoms with van der Waals surface area (Å²) in [6.45, 7) is 0. The Balaban J connectivity index is -0.000000144. The average molecular weight is 282 g/mol. The van der Waals surface area contributed by atoms with E-state index in [1.165, 1.54) is 0 Å². The fourth-order valence-corrected chi connectivity index (χ4v) is 0. The van der Waals surface area contributed by atoms with Gasteiger partial charge in [-0.1, -0.05) is 0 Å². The van der Waals surface area contributed by atoms with Crippen molar-refractivity contribution >= 4 is 43.3 Å². The van der Waals surface area contributed by atoms with Crippen LogP contribution in [0, 0.1) is 0 Å². The molecule has 0 aliphatic carbocycles. The molecule has 0 bridgehead atoms. The van der Waals surface area contributed by atoms with Crippen molar-refractivity contribution < 1.29 is 17.5 Å². The van der Waals surface area contributed by atoms with Crippen LogP contribution in [0.4, 0.5) is 0 Å². The van der Waals surface area contributed by atoms with E-state index in [2.05, 4.69) is 0 Å². The summed E-state index contributed by atoms with van der Waals surface area (Å²) in [7, 11) is -4.67. The third-order valence-electron chi connectivity index (χ3n) is 0.516. The van der Waals surface area contributed by atoms with Crippen molar-refractivity contribution in [1.82, 2.24) is 0 Å². The second-order valence-corrected chi connectivity index (χ2v) is 4.57. The van der Waals surface area contributed by atoms with Crippen LogP contribution < -0.4 is 22.9 Å². The molecule has 0 aromatic heterocycles. The fraction of sp³-hybridized carbons (Fsp3) is 0.500. The van der Waals surface area contributed by atoms with Crippen LogP contribution in [0.25, 0.3) is 0 Å². The lowest BCUT2D eigenvalue weighted by Crippen LogP contribution is -2.19. The summed E-state index contributed by atoms with van der Waals surface area (Å²) in [6.07, 6.45) is 3.77. The number of thiol groups is 2. The van der Waals surface area contributed by atoms with Gasteiger partial charge in [-0.05, 0) is 12.5 Å². The molecule has 0 atom stereocenters. The third-order valence-corrected chi connectivity index (χ3v) is 1.55. The predicted octanol–water partition coefficient (Wildman–Crippen LogP) is -2.48. The molecule has 0 aliphatic rings. The Kier molecular flexibility index (Phi) is 16.7. The van der Waals surface area contributed by atoms with Crippen LogP contribution in [0.2, 0.25) is 0 Å². The minimum absolute atomic E-state index is 0.477. The van der Waals surface area contributed by atoms with E-state index in [0.717, 1.165) is 22.7 Å². The molecule has 8 nitrogen and oxygen atoms in total. The van der Waals surface area contributed by atoms with E-state index in [1.54, 1.807) is 0 Å². The van der Waals surface area contributed by atoms with Gasteiger partial charge in [-0.3, -0.25) is 32.0 Å². The molecule has 0 aromatic rings. The van der Waals surface area contributed by atoms with Crippen molar-refractivity contribution in [3.8, 4) is 0 Å². The van der Waals surface area contributed by atoms with Crippen molar-refractivity contribution in [2.45, 2.75) is 0 Å². The van der Waals surface area contributed by atoms with Gasteiger partial charge in [0.25, 0.3) is 0 Å². The van der Waals surface area contributed by atoms with E-state index in [-0.39, 0.29) is 0 Å². The number of nitrogens with two attached hydrogens (primary N) is 4. The molecule has 0 amide bonds. The van der Waals surface area contributed by atoms with E-state index >= 15 is 0 Å². The van der Waals surface area contributed by atoms with Gasteiger partial charge in [0.1, 0.15) is 0 Å². The molecule has 0 aliphatic heterocycles.